The Hall–Kier alpha value is -2.25. The molecule has 0 unspecified atom stereocenters. The van der Waals surface area contributed by atoms with E-state index in [-0.39, 0.29) is 11.3 Å². The number of rotatable bonds is 7. The highest BCUT2D eigenvalue weighted by molar-refractivity contribution is 7.89. The van der Waals surface area contributed by atoms with Crippen LogP contribution in [0, 0.1) is 0 Å². The van der Waals surface area contributed by atoms with Gasteiger partial charge in [0.25, 0.3) is 0 Å². The maximum atomic E-state index is 12.4. The predicted molar refractivity (Wildman–Crippen MR) is 81.4 cm³/mol. The van der Waals surface area contributed by atoms with Crippen LogP contribution in [0.3, 0.4) is 0 Å². The van der Waals surface area contributed by atoms with Gasteiger partial charge in [-0.05, 0) is 29.7 Å². The summed E-state index contributed by atoms with van der Waals surface area (Å²) >= 11 is 0. The van der Waals surface area contributed by atoms with E-state index in [2.05, 4.69) is 4.72 Å². The Morgan fingerprint density at radius 1 is 1.23 bits per heavy atom. The summed E-state index contributed by atoms with van der Waals surface area (Å²) in [5, 5.41) is 1.20. The first-order chi connectivity index (χ1) is 10.5. The van der Waals surface area contributed by atoms with Crippen LogP contribution in [0.15, 0.2) is 41.3 Å². The van der Waals surface area contributed by atoms with Gasteiger partial charge in [0.1, 0.15) is 18.3 Å². The number of nitrogens with one attached hydrogen (secondary N) is 1. The summed E-state index contributed by atoms with van der Waals surface area (Å²) in [4.78, 5) is 21.4. The van der Waals surface area contributed by atoms with Crippen molar-refractivity contribution in [3.05, 3.63) is 36.4 Å². The van der Waals surface area contributed by atoms with Crippen molar-refractivity contribution in [3.63, 3.8) is 0 Å². The fraction of sp³-hybridized carbons (Fsp3) is 0.200. The highest BCUT2D eigenvalue weighted by Crippen LogP contribution is 2.26. The largest absolute Gasteiger partial charge is 0.497 e. The van der Waals surface area contributed by atoms with Crippen LogP contribution in [0.25, 0.3) is 10.8 Å². The van der Waals surface area contributed by atoms with E-state index in [0.717, 1.165) is 0 Å². The van der Waals surface area contributed by atoms with Crippen molar-refractivity contribution in [1.29, 1.82) is 0 Å². The topological polar surface area (TPSA) is 89.5 Å². The van der Waals surface area contributed by atoms with Crippen LogP contribution in [0.2, 0.25) is 0 Å². The second-order valence-corrected chi connectivity index (χ2v) is 6.29. The third-order valence-corrected chi connectivity index (χ3v) is 4.71. The minimum Gasteiger partial charge on any atom is -0.497 e. The number of carbonyl (C=O) groups excluding carboxylic acids is 2. The number of ether oxygens (including phenoxy) is 1. The Bertz CT molecular complexity index is 801. The fourth-order valence-electron chi connectivity index (χ4n) is 2.09. The average Bonchev–Trinajstić information content (AvgIpc) is 2.53. The number of hydrogen-bond donors (Lipinski definition) is 1. The fourth-order valence-corrected chi connectivity index (χ4v) is 3.50. The second kappa shape index (κ2) is 6.67. The van der Waals surface area contributed by atoms with Crippen molar-refractivity contribution >= 4 is 33.4 Å². The monoisotopic (exact) mass is 321 g/mol. The molecule has 0 saturated carbocycles. The Morgan fingerprint density at radius 3 is 2.64 bits per heavy atom. The normalized spacial score (nSPS) is 12.8. The van der Waals surface area contributed by atoms with Crippen LogP contribution in [0.5, 0.6) is 5.75 Å². The molecule has 116 valence electrons. The molecular weight excluding hydrogens is 306 g/mol. The van der Waals surface area contributed by atoms with Gasteiger partial charge < -0.3 is 14.3 Å². The Kier molecular flexibility index (Phi) is 4.89. The molecule has 0 aliphatic heterocycles. The Balaban J connectivity index is 2.49. The molecule has 0 bridgehead atoms. The molecule has 0 heterocycles. The van der Waals surface area contributed by atoms with E-state index in [4.69, 9.17) is 4.74 Å². The number of fused-ring (bicyclic) bond motifs is 1. The molecule has 2 rings (SSSR count). The summed E-state index contributed by atoms with van der Waals surface area (Å²) in [5.41, 5.74) is 0. The van der Waals surface area contributed by atoms with Crippen LogP contribution in [-0.2, 0) is 19.6 Å². The minimum absolute atomic E-state index is 0.0467. The van der Waals surface area contributed by atoms with Gasteiger partial charge in [-0.3, -0.25) is 0 Å². The van der Waals surface area contributed by atoms with Gasteiger partial charge in [-0.25, -0.2) is 13.1 Å². The zero-order valence-electron chi connectivity index (χ0n) is 11.9. The lowest BCUT2D eigenvalue weighted by Gasteiger charge is -2.13. The van der Waals surface area contributed by atoms with Crippen molar-refractivity contribution in [1.82, 2.24) is 4.72 Å². The number of sulfonamides is 1. The average molecular weight is 321 g/mol. The maximum absolute atomic E-state index is 12.4. The molecule has 6 nitrogen and oxygen atoms in total. The Morgan fingerprint density at radius 2 is 2.00 bits per heavy atom. The molecule has 0 aliphatic rings. The summed E-state index contributed by atoms with van der Waals surface area (Å²) in [5.74, 6) is 0.613. The van der Waals surface area contributed by atoms with Crippen LogP contribution >= 0.6 is 0 Å². The zero-order chi connectivity index (χ0) is 16.2. The number of benzene rings is 2. The summed E-state index contributed by atoms with van der Waals surface area (Å²) < 4.78 is 32.2. The van der Waals surface area contributed by atoms with Gasteiger partial charge in [-0.2, -0.15) is 0 Å². The summed E-state index contributed by atoms with van der Waals surface area (Å²) in [6.45, 7) is 0. The van der Waals surface area contributed by atoms with Crippen LogP contribution in [0.4, 0.5) is 0 Å². The molecule has 0 amide bonds. The van der Waals surface area contributed by atoms with E-state index in [1.54, 1.807) is 30.3 Å². The summed E-state index contributed by atoms with van der Waals surface area (Å²) in [6.07, 6.45) is 0.691. The lowest BCUT2D eigenvalue weighted by atomic mass is 10.1. The van der Waals surface area contributed by atoms with E-state index in [9.17, 15) is 18.0 Å². The number of carbonyl (C=O) groups is 2. The SMILES string of the molecule is COc1ccc2c(S(=O)(=O)N[C@H](C=O)CC=O)cccc2c1. The van der Waals surface area contributed by atoms with Crippen LogP contribution in [-0.4, -0.2) is 34.1 Å². The number of hydrogen-bond acceptors (Lipinski definition) is 5. The zero-order valence-corrected chi connectivity index (χ0v) is 12.7. The number of methoxy groups -OCH3 is 1. The van der Waals surface area contributed by atoms with E-state index in [0.29, 0.717) is 29.1 Å². The maximum Gasteiger partial charge on any atom is 0.241 e. The molecule has 2 aromatic rings. The van der Waals surface area contributed by atoms with Gasteiger partial charge in [-0.15, -0.1) is 0 Å². The van der Waals surface area contributed by atoms with Crippen molar-refractivity contribution in [2.24, 2.45) is 0 Å². The van der Waals surface area contributed by atoms with Gasteiger partial charge in [0.2, 0.25) is 10.0 Å². The molecule has 0 radical (unpaired) electrons. The van der Waals surface area contributed by atoms with Gasteiger partial charge in [0.15, 0.2) is 0 Å². The van der Waals surface area contributed by atoms with E-state index >= 15 is 0 Å². The van der Waals surface area contributed by atoms with Crippen LogP contribution in [0.1, 0.15) is 6.42 Å². The highest BCUT2D eigenvalue weighted by Gasteiger charge is 2.21. The lowest BCUT2D eigenvalue weighted by molar-refractivity contribution is -0.113. The van der Waals surface area contributed by atoms with Gasteiger partial charge in [0, 0.05) is 11.8 Å². The first-order valence-electron chi connectivity index (χ1n) is 6.50. The quantitative estimate of drug-likeness (QED) is 0.776. The van der Waals surface area contributed by atoms with Gasteiger partial charge in [0.05, 0.1) is 18.0 Å². The molecule has 1 atom stereocenters. The standard InChI is InChI=1S/C15H15NO5S/c1-21-13-5-6-14-11(9-13)3-2-4-15(14)22(19,20)16-12(10-18)7-8-17/h2-6,8-10,12,16H,7H2,1H3/t12-/m0/s1. The first kappa shape index (κ1) is 16.1. The lowest BCUT2D eigenvalue weighted by Crippen LogP contribution is -2.36. The van der Waals surface area contributed by atoms with Crippen molar-refractivity contribution in [2.45, 2.75) is 17.4 Å². The molecule has 7 heteroatoms. The molecule has 0 saturated heterocycles. The van der Waals surface area contributed by atoms with E-state index < -0.39 is 16.1 Å². The minimum atomic E-state index is -3.92. The number of aldehydes is 2. The van der Waals surface area contributed by atoms with Crippen LogP contribution < -0.4 is 9.46 Å². The second-order valence-electron chi connectivity index (χ2n) is 4.61. The molecule has 0 spiro atoms. The molecule has 22 heavy (non-hydrogen) atoms. The molecular formula is C15H15NO5S. The molecule has 0 aromatic heterocycles. The van der Waals surface area contributed by atoms with Crippen molar-refractivity contribution in [2.75, 3.05) is 7.11 Å². The van der Waals surface area contributed by atoms with E-state index in [1.165, 1.54) is 13.2 Å². The van der Waals surface area contributed by atoms with Crippen molar-refractivity contribution < 1.29 is 22.7 Å². The van der Waals surface area contributed by atoms with Crippen molar-refractivity contribution in [3.8, 4) is 5.75 Å². The molecule has 0 aliphatic carbocycles. The highest BCUT2D eigenvalue weighted by atomic mass is 32.2. The molecule has 2 aromatic carbocycles. The summed E-state index contributed by atoms with van der Waals surface area (Å²) in [7, 11) is -2.40. The summed E-state index contributed by atoms with van der Waals surface area (Å²) in [6, 6.07) is 8.75. The van der Waals surface area contributed by atoms with Gasteiger partial charge >= 0.3 is 0 Å². The predicted octanol–water partition coefficient (Wildman–Crippen LogP) is 1.28. The van der Waals surface area contributed by atoms with Gasteiger partial charge in [-0.1, -0.05) is 12.1 Å². The molecule has 0 fully saturated rings. The third kappa shape index (κ3) is 3.32. The smallest absolute Gasteiger partial charge is 0.241 e. The Labute approximate surface area is 128 Å². The van der Waals surface area contributed by atoms with E-state index in [1.807, 2.05) is 0 Å². The molecule has 1 N–H and O–H groups in total. The third-order valence-electron chi connectivity index (χ3n) is 3.16. The first-order valence-corrected chi connectivity index (χ1v) is 7.98.